The molecular weight excluding hydrogens is 354 g/mol. The molecular formula is C19H19NO5S. The normalized spacial score (nSPS) is 14.5. The molecule has 1 aliphatic rings. The van der Waals surface area contributed by atoms with E-state index in [4.69, 9.17) is 4.74 Å². The van der Waals surface area contributed by atoms with Crippen LogP contribution in [0.1, 0.15) is 28.4 Å². The molecule has 0 bridgehead atoms. The van der Waals surface area contributed by atoms with Gasteiger partial charge in [0.2, 0.25) is 10.0 Å². The minimum Gasteiger partial charge on any atom is -0.454 e. The van der Waals surface area contributed by atoms with Gasteiger partial charge < -0.3 is 4.74 Å². The van der Waals surface area contributed by atoms with Crippen LogP contribution in [0, 0.1) is 0 Å². The zero-order chi connectivity index (χ0) is 18.7. The number of rotatable bonds is 5. The Hall–Kier alpha value is -2.51. The first-order chi connectivity index (χ1) is 12.4. The first kappa shape index (κ1) is 18.3. The fourth-order valence-corrected chi connectivity index (χ4v) is 4.32. The van der Waals surface area contributed by atoms with Gasteiger partial charge in [0.15, 0.2) is 5.78 Å². The number of hydrogen-bond acceptors (Lipinski definition) is 5. The molecule has 0 fully saturated rings. The van der Waals surface area contributed by atoms with Gasteiger partial charge in [-0.3, -0.25) is 4.79 Å². The number of ketones is 1. The molecule has 0 saturated carbocycles. The summed E-state index contributed by atoms with van der Waals surface area (Å²) in [7, 11) is -3.73. The lowest BCUT2D eigenvalue weighted by atomic mass is 10.0. The van der Waals surface area contributed by atoms with Crippen LogP contribution in [0.25, 0.3) is 0 Å². The Kier molecular flexibility index (Phi) is 5.20. The summed E-state index contributed by atoms with van der Waals surface area (Å²) >= 11 is 0. The summed E-state index contributed by atoms with van der Waals surface area (Å²) in [6.07, 6.45) is 0.649. The second kappa shape index (κ2) is 7.39. The van der Waals surface area contributed by atoms with Crippen LogP contribution in [-0.2, 0) is 32.5 Å². The minimum absolute atomic E-state index is 0.0363. The maximum atomic E-state index is 13.0. The summed E-state index contributed by atoms with van der Waals surface area (Å²) in [6.45, 7) is 1.66. The third-order valence-electron chi connectivity index (χ3n) is 4.21. The summed E-state index contributed by atoms with van der Waals surface area (Å²) in [5.41, 5.74) is 2.24. The van der Waals surface area contributed by atoms with E-state index in [0.29, 0.717) is 19.5 Å². The molecule has 1 aliphatic heterocycles. The van der Waals surface area contributed by atoms with Crippen molar-refractivity contribution < 1.29 is 22.7 Å². The Bertz CT molecular complexity index is 952. The van der Waals surface area contributed by atoms with E-state index in [9.17, 15) is 18.0 Å². The molecule has 0 unspecified atom stereocenters. The number of sulfonamides is 1. The third-order valence-corrected chi connectivity index (χ3v) is 6.05. The molecule has 1 heterocycles. The number of hydrogen-bond donors (Lipinski definition) is 0. The highest BCUT2D eigenvalue weighted by molar-refractivity contribution is 7.89. The number of benzene rings is 2. The molecule has 7 heteroatoms. The monoisotopic (exact) mass is 373 g/mol. The van der Waals surface area contributed by atoms with E-state index in [1.165, 1.54) is 35.5 Å². The molecule has 0 aliphatic carbocycles. The Morgan fingerprint density at radius 1 is 1.08 bits per heavy atom. The first-order valence-corrected chi connectivity index (χ1v) is 9.65. The van der Waals surface area contributed by atoms with Gasteiger partial charge in [-0.25, -0.2) is 13.2 Å². The predicted octanol–water partition coefficient (Wildman–Crippen LogP) is 2.18. The van der Waals surface area contributed by atoms with Gasteiger partial charge in [0.05, 0.1) is 10.5 Å². The van der Waals surface area contributed by atoms with E-state index in [-0.39, 0.29) is 22.8 Å². The van der Waals surface area contributed by atoms with Gasteiger partial charge >= 0.3 is 5.97 Å². The highest BCUT2D eigenvalue weighted by Crippen LogP contribution is 2.25. The largest absolute Gasteiger partial charge is 0.454 e. The highest BCUT2D eigenvalue weighted by Gasteiger charge is 2.28. The summed E-state index contributed by atoms with van der Waals surface area (Å²) in [5, 5.41) is 0. The lowest BCUT2D eigenvalue weighted by Crippen LogP contribution is -2.36. The molecule has 2 aromatic rings. The lowest BCUT2D eigenvalue weighted by Gasteiger charge is -2.28. The number of carbonyl (C=O) groups excluding carboxylic acids is 2. The SMILES string of the molecule is CC(=O)COC(=O)c1cccc(S(=O)(=O)N2CCc3ccccc3C2)c1. The fourth-order valence-electron chi connectivity index (χ4n) is 2.86. The molecule has 0 N–H and O–H groups in total. The maximum Gasteiger partial charge on any atom is 0.338 e. The maximum absolute atomic E-state index is 13.0. The number of fused-ring (bicyclic) bond motifs is 1. The van der Waals surface area contributed by atoms with Crippen LogP contribution >= 0.6 is 0 Å². The number of ether oxygens (including phenoxy) is 1. The second-order valence-corrected chi connectivity index (χ2v) is 8.10. The van der Waals surface area contributed by atoms with Gasteiger partial charge in [0, 0.05) is 13.1 Å². The van der Waals surface area contributed by atoms with E-state index < -0.39 is 16.0 Å². The van der Waals surface area contributed by atoms with E-state index in [1.807, 2.05) is 24.3 Å². The van der Waals surface area contributed by atoms with Crippen LogP contribution in [0.2, 0.25) is 0 Å². The van der Waals surface area contributed by atoms with Crippen molar-refractivity contribution in [1.29, 1.82) is 0 Å². The summed E-state index contributed by atoms with van der Waals surface area (Å²) < 4.78 is 32.2. The minimum atomic E-state index is -3.73. The van der Waals surface area contributed by atoms with E-state index in [2.05, 4.69) is 0 Å². The summed E-state index contributed by atoms with van der Waals surface area (Å²) in [4.78, 5) is 23.0. The second-order valence-electron chi connectivity index (χ2n) is 6.16. The van der Waals surface area contributed by atoms with E-state index in [0.717, 1.165) is 11.1 Å². The van der Waals surface area contributed by atoms with Crippen LogP contribution in [-0.4, -0.2) is 37.6 Å². The molecule has 136 valence electrons. The molecule has 0 radical (unpaired) electrons. The lowest BCUT2D eigenvalue weighted by molar-refractivity contribution is -0.120. The highest BCUT2D eigenvalue weighted by atomic mass is 32.2. The van der Waals surface area contributed by atoms with Crippen molar-refractivity contribution in [3.63, 3.8) is 0 Å². The zero-order valence-corrected chi connectivity index (χ0v) is 15.2. The predicted molar refractivity (Wildman–Crippen MR) is 95.1 cm³/mol. The molecule has 0 spiro atoms. The van der Waals surface area contributed by atoms with Gasteiger partial charge in [-0.1, -0.05) is 30.3 Å². The number of carbonyl (C=O) groups is 2. The van der Waals surface area contributed by atoms with Gasteiger partial charge in [-0.2, -0.15) is 4.31 Å². The topological polar surface area (TPSA) is 80.8 Å². The summed E-state index contributed by atoms with van der Waals surface area (Å²) in [5.74, 6) is -1.00. The zero-order valence-electron chi connectivity index (χ0n) is 14.3. The molecule has 0 atom stereocenters. The Morgan fingerprint density at radius 3 is 2.54 bits per heavy atom. The van der Waals surface area contributed by atoms with Crippen molar-refractivity contribution in [2.24, 2.45) is 0 Å². The van der Waals surface area contributed by atoms with E-state index >= 15 is 0 Å². The van der Waals surface area contributed by atoms with Crippen LogP contribution in [0.4, 0.5) is 0 Å². The van der Waals surface area contributed by atoms with Crippen LogP contribution < -0.4 is 0 Å². The Balaban J connectivity index is 1.83. The number of esters is 1. The smallest absolute Gasteiger partial charge is 0.338 e. The average molecular weight is 373 g/mol. The van der Waals surface area contributed by atoms with Crippen molar-refractivity contribution in [3.05, 3.63) is 65.2 Å². The van der Waals surface area contributed by atoms with Gasteiger partial charge in [-0.05, 0) is 42.7 Å². The molecule has 0 amide bonds. The third kappa shape index (κ3) is 3.84. The van der Waals surface area contributed by atoms with Crippen molar-refractivity contribution >= 4 is 21.8 Å². The van der Waals surface area contributed by atoms with Crippen molar-refractivity contribution in [3.8, 4) is 0 Å². The van der Waals surface area contributed by atoms with Crippen molar-refractivity contribution in [1.82, 2.24) is 4.31 Å². The Labute approximate surface area is 152 Å². The van der Waals surface area contributed by atoms with Crippen LogP contribution in [0.3, 0.4) is 0 Å². The van der Waals surface area contributed by atoms with Gasteiger partial charge in [0.1, 0.15) is 6.61 Å². The van der Waals surface area contributed by atoms with E-state index in [1.54, 1.807) is 0 Å². The van der Waals surface area contributed by atoms with Crippen LogP contribution in [0.5, 0.6) is 0 Å². The molecule has 0 saturated heterocycles. The molecule has 0 aromatic heterocycles. The molecule has 3 rings (SSSR count). The van der Waals surface area contributed by atoms with Crippen LogP contribution in [0.15, 0.2) is 53.4 Å². The van der Waals surface area contributed by atoms with Crippen molar-refractivity contribution in [2.45, 2.75) is 24.8 Å². The molecule has 26 heavy (non-hydrogen) atoms. The number of nitrogens with zero attached hydrogens (tertiary/aromatic N) is 1. The fraction of sp³-hybridized carbons (Fsp3) is 0.263. The average Bonchev–Trinajstić information content (AvgIpc) is 2.65. The first-order valence-electron chi connectivity index (χ1n) is 8.21. The standard InChI is InChI=1S/C19H19NO5S/c1-14(21)13-25-19(22)16-7-4-8-18(11-16)26(23,24)20-10-9-15-5-2-3-6-17(15)12-20/h2-8,11H,9-10,12-13H2,1H3. The molecule has 2 aromatic carbocycles. The van der Waals surface area contributed by atoms with Gasteiger partial charge in [-0.15, -0.1) is 0 Å². The quantitative estimate of drug-likeness (QED) is 0.751. The van der Waals surface area contributed by atoms with Gasteiger partial charge in [0.25, 0.3) is 0 Å². The number of Topliss-reactive ketones (excluding diaryl/α,β-unsaturated/α-hetero) is 1. The van der Waals surface area contributed by atoms with Crippen molar-refractivity contribution in [2.75, 3.05) is 13.2 Å². The molecule has 6 nitrogen and oxygen atoms in total. The summed E-state index contributed by atoms with van der Waals surface area (Å²) in [6, 6.07) is 13.5. The Morgan fingerprint density at radius 2 is 1.81 bits per heavy atom.